The highest BCUT2D eigenvalue weighted by Crippen LogP contribution is 2.36. The highest BCUT2D eigenvalue weighted by atomic mass is 19.1. The summed E-state index contributed by atoms with van der Waals surface area (Å²) in [6.07, 6.45) is 2.79. The van der Waals surface area contributed by atoms with Gasteiger partial charge in [-0.25, -0.2) is 4.79 Å². The number of anilines is 1. The van der Waals surface area contributed by atoms with Gasteiger partial charge in [0.1, 0.15) is 5.60 Å². The third-order valence-electron chi connectivity index (χ3n) is 5.48. The van der Waals surface area contributed by atoms with Crippen molar-refractivity contribution in [3.05, 3.63) is 28.3 Å². The second-order valence-electron chi connectivity index (χ2n) is 8.70. The Morgan fingerprint density at radius 1 is 1.14 bits per heavy atom. The zero-order valence-corrected chi connectivity index (χ0v) is 17.4. The minimum absolute atomic E-state index is 0.0769. The molecule has 0 saturated heterocycles. The normalized spacial score (nSPS) is 17.1. The number of hydrogen-bond donors (Lipinski definition) is 0. The molecule has 0 spiro atoms. The van der Waals surface area contributed by atoms with E-state index in [4.69, 9.17) is 4.74 Å². The first kappa shape index (κ1) is 20.6. The van der Waals surface area contributed by atoms with E-state index in [-0.39, 0.29) is 12.0 Å². The number of fused-ring (bicyclic) bond motifs is 2. The molecular formula is C22H31FN2O3. The fourth-order valence-corrected chi connectivity index (χ4v) is 4.21. The second kappa shape index (κ2) is 8.10. The molecule has 2 aliphatic heterocycles. The average molecular weight is 390 g/mol. The Bertz CT molecular complexity index is 770. The van der Waals surface area contributed by atoms with Crippen LogP contribution in [0.15, 0.2) is 6.07 Å². The molecule has 2 aliphatic rings. The molecule has 5 nitrogen and oxygen atoms in total. The third kappa shape index (κ3) is 4.31. The van der Waals surface area contributed by atoms with E-state index in [1.807, 2.05) is 20.8 Å². The van der Waals surface area contributed by atoms with Crippen LogP contribution < -0.4 is 4.90 Å². The Hall–Kier alpha value is -2.11. The molecule has 0 unspecified atom stereocenters. The first-order valence-electron chi connectivity index (χ1n) is 10.2. The number of carbonyl (C=O) groups is 2. The fraction of sp³-hybridized carbons (Fsp3) is 0.636. The van der Waals surface area contributed by atoms with Crippen molar-refractivity contribution >= 4 is 17.7 Å². The summed E-state index contributed by atoms with van der Waals surface area (Å²) in [6.45, 7) is 8.91. The fourth-order valence-electron chi connectivity index (χ4n) is 4.21. The number of carbonyl (C=O) groups excluding carboxylic acids is 2. The quantitative estimate of drug-likeness (QED) is 0.785. The molecule has 0 saturated carbocycles. The summed E-state index contributed by atoms with van der Waals surface area (Å²) in [5, 5.41) is 0. The summed E-state index contributed by atoms with van der Waals surface area (Å²) in [4.78, 5) is 28.5. The van der Waals surface area contributed by atoms with E-state index < -0.39 is 12.3 Å². The SMILES string of the molecule is Cc1c2c(cc3c1N(CCCF)C(=O)CC3)CCN(C(=O)OC(C)(C)C)CC2. The lowest BCUT2D eigenvalue weighted by atomic mass is 9.88. The summed E-state index contributed by atoms with van der Waals surface area (Å²) < 4.78 is 18.3. The van der Waals surface area contributed by atoms with Crippen LogP contribution in [0.4, 0.5) is 14.9 Å². The lowest BCUT2D eigenvalue weighted by molar-refractivity contribution is -0.118. The summed E-state index contributed by atoms with van der Waals surface area (Å²) in [5.41, 5.74) is 5.19. The van der Waals surface area contributed by atoms with Crippen LogP contribution in [0.5, 0.6) is 0 Å². The molecule has 0 N–H and O–H groups in total. The Morgan fingerprint density at radius 3 is 2.54 bits per heavy atom. The van der Waals surface area contributed by atoms with Crippen molar-refractivity contribution in [1.29, 1.82) is 0 Å². The minimum Gasteiger partial charge on any atom is -0.444 e. The average Bonchev–Trinajstić information content (AvgIpc) is 2.83. The van der Waals surface area contributed by atoms with Crippen LogP contribution in [0.1, 0.15) is 55.9 Å². The van der Waals surface area contributed by atoms with Crippen molar-refractivity contribution in [2.45, 2.75) is 65.4 Å². The number of benzene rings is 1. The molecule has 3 rings (SSSR count). The van der Waals surface area contributed by atoms with Crippen molar-refractivity contribution < 1.29 is 18.7 Å². The van der Waals surface area contributed by atoms with E-state index in [2.05, 4.69) is 13.0 Å². The largest absolute Gasteiger partial charge is 0.444 e. The Labute approximate surface area is 166 Å². The van der Waals surface area contributed by atoms with Crippen molar-refractivity contribution in [3.63, 3.8) is 0 Å². The van der Waals surface area contributed by atoms with Crippen molar-refractivity contribution in [1.82, 2.24) is 4.90 Å². The zero-order chi connectivity index (χ0) is 20.5. The third-order valence-corrected chi connectivity index (χ3v) is 5.48. The standard InChI is InChI=1S/C22H31FN2O3/c1-15-18-9-13-24(21(27)28-22(2,3)4)12-8-16(18)14-17-6-7-19(26)25(20(15)17)11-5-10-23/h14H,5-13H2,1-4H3. The lowest BCUT2D eigenvalue weighted by Crippen LogP contribution is -2.38. The first-order valence-corrected chi connectivity index (χ1v) is 10.2. The molecule has 0 aromatic heterocycles. The molecule has 28 heavy (non-hydrogen) atoms. The predicted octanol–water partition coefficient (Wildman–Crippen LogP) is 3.97. The molecule has 2 heterocycles. The Kier molecular flexibility index (Phi) is 5.96. The van der Waals surface area contributed by atoms with Crippen LogP contribution in [-0.2, 0) is 28.8 Å². The molecule has 0 aliphatic carbocycles. The Balaban J connectivity index is 1.87. The summed E-state index contributed by atoms with van der Waals surface area (Å²) in [7, 11) is 0. The molecule has 1 aromatic rings. The van der Waals surface area contributed by atoms with E-state index in [0.29, 0.717) is 32.5 Å². The molecule has 0 atom stereocenters. The number of alkyl halides is 1. The molecule has 0 fully saturated rings. The first-order chi connectivity index (χ1) is 13.2. The summed E-state index contributed by atoms with van der Waals surface area (Å²) in [5.74, 6) is 0.0769. The van der Waals surface area contributed by atoms with Gasteiger partial charge in [0.05, 0.1) is 12.4 Å². The van der Waals surface area contributed by atoms with Gasteiger partial charge in [-0.2, -0.15) is 0 Å². The number of aryl methyl sites for hydroxylation is 1. The molecule has 1 aromatic carbocycles. The van der Waals surface area contributed by atoms with Gasteiger partial charge in [0.25, 0.3) is 0 Å². The second-order valence-corrected chi connectivity index (χ2v) is 8.70. The minimum atomic E-state index is -0.511. The van der Waals surface area contributed by atoms with Gasteiger partial charge in [0.2, 0.25) is 5.91 Å². The number of nitrogens with zero attached hydrogens (tertiary/aromatic N) is 2. The van der Waals surface area contributed by atoms with Gasteiger partial charge in [-0.3, -0.25) is 9.18 Å². The molecule has 0 bridgehead atoms. The molecule has 154 valence electrons. The van der Waals surface area contributed by atoms with E-state index in [1.54, 1.807) is 9.80 Å². The highest BCUT2D eigenvalue weighted by molar-refractivity contribution is 5.97. The van der Waals surface area contributed by atoms with E-state index in [1.165, 1.54) is 16.7 Å². The topological polar surface area (TPSA) is 49.9 Å². The maximum atomic E-state index is 12.7. The summed E-state index contributed by atoms with van der Waals surface area (Å²) >= 11 is 0. The molecular weight excluding hydrogens is 359 g/mol. The van der Waals surface area contributed by atoms with Crippen molar-refractivity contribution in [2.75, 3.05) is 31.2 Å². The molecule has 2 amide bonds. The van der Waals surface area contributed by atoms with Gasteiger partial charge in [0.15, 0.2) is 0 Å². The number of hydrogen-bond acceptors (Lipinski definition) is 3. The molecule has 6 heteroatoms. The van der Waals surface area contributed by atoms with Gasteiger partial charge in [0, 0.05) is 26.1 Å². The highest BCUT2D eigenvalue weighted by Gasteiger charge is 2.30. The van der Waals surface area contributed by atoms with Gasteiger partial charge in [-0.15, -0.1) is 0 Å². The molecule has 0 radical (unpaired) electrons. The summed E-state index contributed by atoms with van der Waals surface area (Å²) in [6, 6.07) is 2.20. The van der Waals surface area contributed by atoms with E-state index >= 15 is 0 Å². The van der Waals surface area contributed by atoms with Crippen molar-refractivity contribution in [2.24, 2.45) is 0 Å². The van der Waals surface area contributed by atoms with Gasteiger partial charge >= 0.3 is 6.09 Å². The van der Waals surface area contributed by atoms with E-state index in [0.717, 1.165) is 30.5 Å². The van der Waals surface area contributed by atoms with Gasteiger partial charge in [-0.05, 0) is 75.6 Å². The van der Waals surface area contributed by atoms with Crippen LogP contribution in [0.2, 0.25) is 0 Å². The van der Waals surface area contributed by atoms with E-state index in [9.17, 15) is 14.0 Å². The smallest absolute Gasteiger partial charge is 0.410 e. The maximum Gasteiger partial charge on any atom is 0.410 e. The lowest BCUT2D eigenvalue weighted by Gasteiger charge is -2.32. The van der Waals surface area contributed by atoms with Crippen LogP contribution >= 0.6 is 0 Å². The van der Waals surface area contributed by atoms with Gasteiger partial charge < -0.3 is 14.5 Å². The monoisotopic (exact) mass is 390 g/mol. The van der Waals surface area contributed by atoms with Gasteiger partial charge in [-0.1, -0.05) is 6.07 Å². The maximum absolute atomic E-state index is 12.7. The van der Waals surface area contributed by atoms with Crippen LogP contribution in [0.25, 0.3) is 0 Å². The van der Waals surface area contributed by atoms with Crippen LogP contribution in [0.3, 0.4) is 0 Å². The van der Waals surface area contributed by atoms with Crippen molar-refractivity contribution in [3.8, 4) is 0 Å². The number of halogens is 1. The predicted molar refractivity (Wildman–Crippen MR) is 108 cm³/mol. The Morgan fingerprint density at radius 2 is 1.86 bits per heavy atom. The van der Waals surface area contributed by atoms with Crippen LogP contribution in [0, 0.1) is 6.92 Å². The number of rotatable bonds is 3. The number of ether oxygens (including phenoxy) is 1. The zero-order valence-electron chi connectivity index (χ0n) is 17.4. The van der Waals surface area contributed by atoms with Crippen LogP contribution in [-0.4, -0.2) is 48.8 Å². The number of amides is 2.